The van der Waals surface area contributed by atoms with Crippen LogP contribution >= 0.6 is 23.2 Å². The SMILES string of the molecule is CCC(CC(CN)CN)c1ccc(Cl)cc1Cl. The minimum atomic E-state index is 0.353. The quantitative estimate of drug-likeness (QED) is 0.835. The Hall–Kier alpha value is -0.280. The smallest absolute Gasteiger partial charge is 0.0455 e. The van der Waals surface area contributed by atoms with Gasteiger partial charge in [-0.3, -0.25) is 0 Å². The van der Waals surface area contributed by atoms with Crippen LogP contribution in [0.25, 0.3) is 0 Å². The van der Waals surface area contributed by atoms with Crippen molar-refractivity contribution in [2.75, 3.05) is 13.1 Å². The second-order valence-electron chi connectivity index (χ2n) is 4.34. The van der Waals surface area contributed by atoms with Gasteiger partial charge in [-0.15, -0.1) is 0 Å². The van der Waals surface area contributed by atoms with Gasteiger partial charge in [-0.1, -0.05) is 36.2 Å². The molecule has 1 rings (SSSR count). The number of benzene rings is 1. The Bertz CT molecular complexity index is 351. The van der Waals surface area contributed by atoms with Crippen molar-refractivity contribution in [3.05, 3.63) is 33.8 Å². The summed E-state index contributed by atoms with van der Waals surface area (Å²) in [4.78, 5) is 0. The van der Waals surface area contributed by atoms with Crippen molar-refractivity contribution in [2.45, 2.75) is 25.7 Å². The van der Waals surface area contributed by atoms with E-state index in [0.717, 1.165) is 23.4 Å². The number of nitrogens with two attached hydrogens (primary N) is 2. The minimum absolute atomic E-state index is 0.353. The van der Waals surface area contributed by atoms with Crippen molar-refractivity contribution in [3.8, 4) is 0 Å². The lowest BCUT2D eigenvalue weighted by atomic mass is 9.87. The van der Waals surface area contributed by atoms with Crippen LogP contribution in [-0.2, 0) is 0 Å². The standard InChI is InChI=1S/C13H20Cl2N2/c1-2-10(5-9(7-16)8-17)12-4-3-11(14)6-13(12)15/h3-4,6,9-10H,2,5,7-8,16-17H2,1H3. The molecular formula is C13H20Cl2N2. The first-order valence-electron chi connectivity index (χ1n) is 5.97. The number of hydrogen-bond donors (Lipinski definition) is 2. The highest BCUT2D eigenvalue weighted by molar-refractivity contribution is 6.35. The summed E-state index contributed by atoms with van der Waals surface area (Å²) in [6, 6.07) is 5.68. The van der Waals surface area contributed by atoms with E-state index >= 15 is 0 Å². The fourth-order valence-electron chi connectivity index (χ4n) is 2.04. The van der Waals surface area contributed by atoms with Crippen molar-refractivity contribution in [2.24, 2.45) is 17.4 Å². The highest BCUT2D eigenvalue weighted by atomic mass is 35.5. The summed E-state index contributed by atoms with van der Waals surface area (Å²) >= 11 is 12.1. The van der Waals surface area contributed by atoms with E-state index in [1.165, 1.54) is 0 Å². The molecule has 0 aliphatic carbocycles. The molecule has 0 radical (unpaired) electrons. The number of rotatable bonds is 6. The largest absolute Gasteiger partial charge is 0.330 e. The molecule has 0 amide bonds. The molecule has 0 saturated carbocycles. The molecule has 1 aromatic rings. The molecule has 4 heteroatoms. The van der Waals surface area contributed by atoms with Crippen LogP contribution in [0.15, 0.2) is 18.2 Å². The molecular weight excluding hydrogens is 255 g/mol. The first kappa shape index (κ1) is 14.8. The average Bonchev–Trinajstić information content (AvgIpc) is 2.32. The van der Waals surface area contributed by atoms with E-state index < -0.39 is 0 Å². The topological polar surface area (TPSA) is 52.0 Å². The summed E-state index contributed by atoms with van der Waals surface area (Å²) in [5, 5.41) is 1.40. The van der Waals surface area contributed by atoms with Gasteiger partial charge in [-0.2, -0.15) is 0 Å². The molecule has 0 aliphatic heterocycles. The third kappa shape index (κ3) is 4.14. The fraction of sp³-hybridized carbons (Fsp3) is 0.538. The normalized spacial score (nSPS) is 13.1. The molecule has 1 aromatic carbocycles. The maximum absolute atomic E-state index is 6.23. The Morgan fingerprint density at radius 2 is 1.82 bits per heavy atom. The van der Waals surface area contributed by atoms with Crippen molar-refractivity contribution < 1.29 is 0 Å². The Morgan fingerprint density at radius 3 is 2.29 bits per heavy atom. The highest BCUT2D eigenvalue weighted by Crippen LogP contribution is 2.33. The van der Waals surface area contributed by atoms with Crippen LogP contribution in [-0.4, -0.2) is 13.1 Å². The first-order valence-corrected chi connectivity index (χ1v) is 6.73. The van der Waals surface area contributed by atoms with E-state index in [9.17, 15) is 0 Å². The van der Waals surface area contributed by atoms with Crippen LogP contribution in [0.3, 0.4) is 0 Å². The van der Waals surface area contributed by atoms with E-state index in [0.29, 0.717) is 29.9 Å². The van der Waals surface area contributed by atoms with Crippen LogP contribution in [0, 0.1) is 5.92 Å². The highest BCUT2D eigenvalue weighted by Gasteiger charge is 2.17. The molecule has 4 N–H and O–H groups in total. The first-order chi connectivity index (χ1) is 8.12. The summed E-state index contributed by atoms with van der Waals surface area (Å²) < 4.78 is 0. The predicted octanol–water partition coefficient (Wildman–Crippen LogP) is 3.41. The third-order valence-electron chi connectivity index (χ3n) is 3.18. The molecule has 0 aromatic heterocycles. The van der Waals surface area contributed by atoms with Crippen LogP contribution in [0.4, 0.5) is 0 Å². The van der Waals surface area contributed by atoms with Crippen LogP contribution < -0.4 is 11.5 Å². The lowest BCUT2D eigenvalue weighted by molar-refractivity contribution is 0.442. The molecule has 2 nitrogen and oxygen atoms in total. The average molecular weight is 275 g/mol. The Balaban J connectivity index is 2.85. The van der Waals surface area contributed by atoms with Gasteiger partial charge < -0.3 is 11.5 Å². The molecule has 1 unspecified atom stereocenters. The zero-order chi connectivity index (χ0) is 12.8. The zero-order valence-corrected chi connectivity index (χ0v) is 11.6. The Kier molecular flexibility index (Phi) is 6.28. The molecule has 0 bridgehead atoms. The molecule has 96 valence electrons. The van der Waals surface area contributed by atoms with Gasteiger partial charge in [-0.05, 0) is 55.5 Å². The lowest BCUT2D eigenvalue weighted by Crippen LogP contribution is -2.25. The Labute approximate surface area is 113 Å². The lowest BCUT2D eigenvalue weighted by Gasteiger charge is -2.21. The predicted molar refractivity (Wildman–Crippen MR) is 75.7 cm³/mol. The van der Waals surface area contributed by atoms with E-state index in [1.807, 2.05) is 12.1 Å². The Morgan fingerprint density at radius 1 is 1.18 bits per heavy atom. The van der Waals surface area contributed by atoms with Gasteiger partial charge in [0.2, 0.25) is 0 Å². The minimum Gasteiger partial charge on any atom is -0.330 e. The molecule has 0 heterocycles. The zero-order valence-electron chi connectivity index (χ0n) is 10.1. The molecule has 0 saturated heterocycles. The summed E-state index contributed by atoms with van der Waals surface area (Å²) in [7, 11) is 0. The van der Waals surface area contributed by atoms with Gasteiger partial charge >= 0.3 is 0 Å². The second kappa shape index (κ2) is 7.22. The third-order valence-corrected chi connectivity index (χ3v) is 3.74. The molecule has 1 atom stereocenters. The maximum Gasteiger partial charge on any atom is 0.0455 e. The van der Waals surface area contributed by atoms with Crippen LogP contribution in [0.2, 0.25) is 10.0 Å². The maximum atomic E-state index is 6.23. The fourth-order valence-corrected chi connectivity index (χ4v) is 2.60. The van der Waals surface area contributed by atoms with E-state index in [4.69, 9.17) is 34.7 Å². The molecule has 0 fully saturated rings. The molecule has 0 aliphatic rings. The van der Waals surface area contributed by atoms with Crippen molar-refractivity contribution in [1.29, 1.82) is 0 Å². The van der Waals surface area contributed by atoms with Crippen LogP contribution in [0.5, 0.6) is 0 Å². The number of halogens is 2. The van der Waals surface area contributed by atoms with Crippen molar-refractivity contribution >= 4 is 23.2 Å². The van der Waals surface area contributed by atoms with Crippen LogP contribution in [0.1, 0.15) is 31.2 Å². The van der Waals surface area contributed by atoms with Crippen molar-refractivity contribution in [1.82, 2.24) is 0 Å². The van der Waals surface area contributed by atoms with Gasteiger partial charge in [0.15, 0.2) is 0 Å². The van der Waals surface area contributed by atoms with Gasteiger partial charge in [-0.25, -0.2) is 0 Å². The molecule has 0 spiro atoms. The monoisotopic (exact) mass is 274 g/mol. The van der Waals surface area contributed by atoms with Crippen molar-refractivity contribution in [3.63, 3.8) is 0 Å². The van der Waals surface area contributed by atoms with E-state index in [2.05, 4.69) is 6.92 Å². The van der Waals surface area contributed by atoms with Gasteiger partial charge in [0.25, 0.3) is 0 Å². The van der Waals surface area contributed by atoms with Gasteiger partial charge in [0.1, 0.15) is 0 Å². The van der Waals surface area contributed by atoms with Gasteiger partial charge in [0.05, 0.1) is 0 Å². The summed E-state index contributed by atoms with van der Waals surface area (Å²) in [6.07, 6.45) is 2.00. The summed E-state index contributed by atoms with van der Waals surface area (Å²) in [5.41, 5.74) is 12.5. The van der Waals surface area contributed by atoms with E-state index in [-0.39, 0.29) is 0 Å². The van der Waals surface area contributed by atoms with E-state index in [1.54, 1.807) is 6.07 Å². The summed E-state index contributed by atoms with van der Waals surface area (Å²) in [5.74, 6) is 0.753. The second-order valence-corrected chi connectivity index (χ2v) is 5.19. The summed E-state index contributed by atoms with van der Waals surface area (Å²) in [6.45, 7) is 3.40. The molecule has 17 heavy (non-hydrogen) atoms. The van der Waals surface area contributed by atoms with Gasteiger partial charge in [0, 0.05) is 10.0 Å². The number of hydrogen-bond acceptors (Lipinski definition) is 2.